The molecule has 6 heteroatoms. The molecule has 0 aliphatic rings. The molecule has 0 atom stereocenters. The normalized spacial score (nSPS) is 11.3. The van der Waals surface area contributed by atoms with E-state index < -0.39 is 0 Å². The number of aryl methyl sites for hydroxylation is 2. The molecule has 0 aliphatic heterocycles. The van der Waals surface area contributed by atoms with E-state index in [2.05, 4.69) is 65.0 Å². The van der Waals surface area contributed by atoms with Crippen molar-refractivity contribution < 1.29 is 0 Å². The van der Waals surface area contributed by atoms with Crippen LogP contribution in [0.1, 0.15) is 16.8 Å². The molecule has 0 amide bonds. The topological polar surface area (TPSA) is 48.0 Å². The largest absolute Gasteiger partial charge is 0.307 e. The van der Waals surface area contributed by atoms with E-state index in [-0.39, 0.29) is 0 Å². The molecule has 126 valence electrons. The van der Waals surface area contributed by atoms with Crippen molar-refractivity contribution in [3.8, 4) is 11.4 Å². The van der Waals surface area contributed by atoms with Crippen LogP contribution in [0.25, 0.3) is 17.0 Å². The van der Waals surface area contributed by atoms with Crippen molar-refractivity contribution in [3.05, 3.63) is 65.6 Å². The first-order valence-electron chi connectivity index (χ1n) is 8.14. The van der Waals surface area contributed by atoms with Gasteiger partial charge in [-0.3, -0.25) is 0 Å². The predicted molar refractivity (Wildman–Crippen MR) is 101 cm³/mol. The van der Waals surface area contributed by atoms with Crippen molar-refractivity contribution in [2.75, 3.05) is 0 Å². The van der Waals surface area contributed by atoms with Gasteiger partial charge in [0.15, 0.2) is 11.0 Å². The highest BCUT2D eigenvalue weighted by atomic mass is 32.2. The van der Waals surface area contributed by atoms with Crippen LogP contribution in [0.4, 0.5) is 0 Å². The smallest absolute Gasteiger partial charge is 0.191 e. The Morgan fingerprint density at radius 2 is 1.84 bits per heavy atom. The molecule has 3 heterocycles. The summed E-state index contributed by atoms with van der Waals surface area (Å²) in [5, 5.41) is 9.59. The molecule has 0 N–H and O–H groups in total. The van der Waals surface area contributed by atoms with Gasteiger partial charge in [-0.15, -0.1) is 10.2 Å². The van der Waals surface area contributed by atoms with Crippen LogP contribution in [0.3, 0.4) is 0 Å². The number of hydrogen-bond donors (Lipinski definition) is 0. The monoisotopic (exact) mass is 349 g/mol. The molecule has 0 aliphatic carbocycles. The number of fused-ring (bicyclic) bond motifs is 1. The standard InChI is InChI=1S/C19H19N5S/c1-13-6-8-15(9-7-13)18-21-22-19(23(18)3)25-12-16-11-24-10-4-5-14(2)17(24)20-16/h4-11H,12H2,1-3H3. The molecule has 0 fully saturated rings. The van der Waals surface area contributed by atoms with Crippen LogP contribution >= 0.6 is 11.8 Å². The Morgan fingerprint density at radius 3 is 2.60 bits per heavy atom. The van der Waals surface area contributed by atoms with Gasteiger partial charge in [-0.05, 0) is 25.5 Å². The molecule has 0 bridgehead atoms. The number of aromatic nitrogens is 5. The van der Waals surface area contributed by atoms with E-state index >= 15 is 0 Å². The van der Waals surface area contributed by atoms with Crippen LogP contribution in [-0.4, -0.2) is 24.1 Å². The van der Waals surface area contributed by atoms with Crippen molar-refractivity contribution in [2.45, 2.75) is 24.8 Å². The molecule has 4 rings (SSSR count). The average Bonchev–Trinajstić information content (AvgIpc) is 3.18. The van der Waals surface area contributed by atoms with Gasteiger partial charge in [-0.1, -0.05) is 47.7 Å². The van der Waals surface area contributed by atoms with E-state index in [4.69, 9.17) is 4.98 Å². The number of rotatable bonds is 4. The third-order valence-corrected chi connectivity index (χ3v) is 5.28. The lowest BCUT2D eigenvalue weighted by Crippen LogP contribution is -1.95. The number of hydrogen-bond acceptors (Lipinski definition) is 4. The molecule has 0 radical (unpaired) electrons. The Labute approximate surface area is 150 Å². The summed E-state index contributed by atoms with van der Waals surface area (Å²) in [6.45, 7) is 4.16. The van der Waals surface area contributed by atoms with Crippen LogP contribution in [0.2, 0.25) is 0 Å². The Bertz CT molecular complexity index is 1030. The number of nitrogens with zero attached hydrogens (tertiary/aromatic N) is 5. The molecule has 0 saturated carbocycles. The van der Waals surface area contributed by atoms with Crippen molar-refractivity contribution in [3.63, 3.8) is 0 Å². The van der Waals surface area contributed by atoms with Gasteiger partial charge in [0.25, 0.3) is 0 Å². The second-order valence-electron chi connectivity index (χ2n) is 6.17. The number of benzene rings is 1. The van der Waals surface area contributed by atoms with Gasteiger partial charge in [-0.2, -0.15) is 0 Å². The van der Waals surface area contributed by atoms with Gasteiger partial charge in [0.05, 0.1) is 5.69 Å². The zero-order chi connectivity index (χ0) is 17.4. The first-order valence-corrected chi connectivity index (χ1v) is 9.13. The maximum atomic E-state index is 4.72. The highest BCUT2D eigenvalue weighted by Crippen LogP contribution is 2.25. The molecule has 25 heavy (non-hydrogen) atoms. The van der Waals surface area contributed by atoms with E-state index in [1.165, 1.54) is 11.1 Å². The number of pyridine rings is 1. The summed E-state index contributed by atoms with van der Waals surface area (Å²) in [6, 6.07) is 12.5. The van der Waals surface area contributed by atoms with Crippen molar-refractivity contribution in [2.24, 2.45) is 7.05 Å². The highest BCUT2D eigenvalue weighted by molar-refractivity contribution is 7.98. The summed E-state index contributed by atoms with van der Waals surface area (Å²) in [6.07, 6.45) is 4.11. The zero-order valence-electron chi connectivity index (χ0n) is 14.5. The van der Waals surface area contributed by atoms with E-state index in [1.807, 2.05) is 23.9 Å². The average molecular weight is 349 g/mol. The first kappa shape index (κ1) is 15.9. The molecule has 4 aromatic rings. The van der Waals surface area contributed by atoms with E-state index in [1.54, 1.807) is 11.8 Å². The quantitative estimate of drug-likeness (QED) is 0.522. The summed E-state index contributed by atoms with van der Waals surface area (Å²) < 4.78 is 4.11. The van der Waals surface area contributed by atoms with E-state index in [0.29, 0.717) is 0 Å². The zero-order valence-corrected chi connectivity index (χ0v) is 15.3. The first-order chi connectivity index (χ1) is 12.1. The fourth-order valence-electron chi connectivity index (χ4n) is 2.81. The lowest BCUT2D eigenvalue weighted by atomic mass is 10.1. The fraction of sp³-hybridized carbons (Fsp3) is 0.211. The minimum Gasteiger partial charge on any atom is -0.307 e. The van der Waals surface area contributed by atoms with Crippen LogP contribution in [-0.2, 0) is 12.8 Å². The Kier molecular flexibility index (Phi) is 4.05. The minimum atomic E-state index is 0.765. The summed E-state index contributed by atoms with van der Waals surface area (Å²) in [4.78, 5) is 4.72. The Hall–Kier alpha value is -2.60. The van der Waals surface area contributed by atoms with Crippen LogP contribution < -0.4 is 0 Å². The van der Waals surface area contributed by atoms with Crippen LogP contribution in [0.15, 0.2) is 53.9 Å². The third kappa shape index (κ3) is 3.05. The van der Waals surface area contributed by atoms with E-state index in [9.17, 15) is 0 Å². The van der Waals surface area contributed by atoms with Gasteiger partial charge in [0.1, 0.15) is 5.65 Å². The van der Waals surface area contributed by atoms with Crippen LogP contribution in [0, 0.1) is 13.8 Å². The Morgan fingerprint density at radius 1 is 1.04 bits per heavy atom. The maximum Gasteiger partial charge on any atom is 0.191 e. The van der Waals surface area contributed by atoms with Gasteiger partial charge < -0.3 is 8.97 Å². The molecule has 1 aromatic carbocycles. The molecule has 0 spiro atoms. The molecule has 5 nitrogen and oxygen atoms in total. The number of thioether (sulfide) groups is 1. The van der Waals surface area contributed by atoms with Gasteiger partial charge >= 0.3 is 0 Å². The lowest BCUT2D eigenvalue weighted by molar-refractivity contribution is 0.793. The SMILES string of the molecule is Cc1ccc(-c2nnc(SCc3cn4cccc(C)c4n3)n2C)cc1. The van der Waals surface area contributed by atoms with Gasteiger partial charge in [-0.25, -0.2) is 4.98 Å². The lowest BCUT2D eigenvalue weighted by Gasteiger charge is -2.03. The minimum absolute atomic E-state index is 0.765. The second kappa shape index (κ2) is 6.37. The molecular weight excluding hydrogens is 330 g/mol. The molecule has 0 unspecified atom stereocenters. The van der Waals surface area contributed by atoms with Crippen molar-refractivity contribution >= 4 is 17.4 Å². The van der Waals surface area contributed by atoms with Crippen LogP contribution in [0.5, 0.6) is 0 Å². The van der Waals surface area contributed by atoms with Crippen molar-refractivity contribution in [1.82, 2.24) is 24.1 Å². The maximum absolute atomic E-state index is 4.72. The second-order valence-corrected chi connectivity index (χ2v) is 7.12. The summed E-state index contributed by atoms with van der Waals surface area (Å²) >= 11 is 1.65. The summed E-state index contributed by atoms with van der Waals surface area (Å²) in [5.41, 5.74) is 5.55. The third-order valence-electron chi connectivity index (χ3n) is 4.22. The molecular formula is C19H19N5S. The van der Waals surface area contributed by atoms with Crippen molar-refractivity contribution in [1.29, 1.82) is 0 Å². The highest BCUT2D eigenvalue weighted by Gasteiger charge is 2.12. The number of imidazole rings is 1. The predicted octanol–water partition coefficient (Wildman–Crippen LogP) is 4.04. The summed E-state index contributed by atoms with van der Waals surface area (Å²) in [7, 11) is 2.01. The van der Waals surface area contributed by atoms with Gasteiger partial charge in [0, 0.05) is 30.8 Å². The van der Waals surface area contributed by atoms with Gasteiger partial charge in [0.2, 0.25) is 0 Å². The summed E-state index contributed by atoms with van der Waals surface area (Å²) in [5.74, 6) is 1.65. The Balaban J connectivity index is 1.55. The molecule has 0 saturated heterocycles. The van der Waals surface area contributed by atoms with E-state index in [0.717, 1.165) is 33.6 Å². The molecule has 3 aromatic heterocycles. The fourth-order valence-corrected chi connectivity index (χ4v) is 3.60.